The van der Waals surface area contributed by atoms with Crippen LogP contribution in [0.5, 0.6) is 0 Å². The van der Waals surface area contributed by atoms with Crippen molar-refractivity contribution in [1.29, 1.82) is 0 Å². The number of anilines is 1. The average Bonchev–Trinajstić information content (AvgIpc) is 2.92. The fourth-order valence-corrected chi connectivity index (χ4v) is 3.29. The largest absolute Gasteiger partial charge is 0.307 e. The second-order valence-electron chi connectivity index (χ2n) is 5.37. The minimum Gasteiger partial charge on any atom is -0.307 e. The average molecular weight is 354 g/mol. The quantitative estimate of drug-likeness (QED) is 0.828. The molecule has 0 saturated heterocycles. The highest BCUT2D eigenvalue weighted by Gasteiger charge is 2.21. The lowest BCUT2D eigenvalue weighted by Crippen LogP contribution is -2.32. The van der Waals surface area contributed by atoms with Crippen LogP contribution < -0.4 is 10.0 Å². The smallest absolute Gasteiger partial charge is 0.259 e. The number of aromatic nitrogens is 2. The standard InChI is InChI=1S/C15H19FN4O3S/c1-4-10(2)19-24(22,23)11-5-6-13(16)12(9-11)15(21)18-14-7-8-17-20(14)3/h5-10,19H,4H2,1-3H3,(H,18,21). The SMILES string of the molecule is CCC(C)NS(=O)(=O)c1ccc(F)c(C(=O)Nc2ccnn2C)c1. The van der Waals surface area contributed by atoms with E-state index in [1.165, 1.54) is 10.9 Å². The third-order valence-electron chi connectivity index (χ3n) is 3.52. The van der Waals surface area contributed by atoms with E-state index in [9.17, 15) is 17.6 Å². The highest BCUT2D eigenvalue weighted by atomic mass is 32.2. The molecule has 130 valence electrons. The third kappa shape index (κ3) is 3.98. The Bertz CT molecular complexity index is 848. The van der Waals surface area contributed by atoms with Gasteiger partial charge in [-0.2, -0.15) is 5.10 Å². The van der Waals surface area contributed by atoms with Gasteiger partial charge in [0.05, 0.1) is 16.7 Å². The van der Waals surface area contributed by atoms with E-state index in [4.69, 9.17) is 0 Å². The molecule has 0 spiro atoms. The molecule has 0 saturated carbocycles. The van der Waals surface area contributed by atoms with Crippen LogP contribution in [-0.4, -0.2) is 30.1 Å². The van der Waals surface area contributed by atoms with E-state index < -0.39 is 21.7 Å². The van der Waals surface area contributed by atoms with Crippen molar-refractivity contribution >= 4 is 21.7 Å². The normalized spacial score (nSPS) is 12.8. The van der Waals surface area contributed by atoms with Gasteiger partial charge in [0.1, 0.15) is 11.6 Å². The Morgan fingerprint density at radius 1 is 1.38 bits per heavy atom. The number of carbonyl (C=O) groups excluding carboxylic acids is 1. The molecule has 2 aromatic rings. The van der Waals surface area contributed by atoms with Crippen molar-refractivity contribution in [2.24, 2.45) is 7.05 Å². The molecule has 0 aliphatic rings. The lowest BCUT2D eigenvalue weighted by Gasteiger charge is -2.13. The van der Waals surface area contributed by atoms with Gasteiger partial charge in [-0.1, -0.05) is 6.92 Å². The predicted octanol–water partition coefficient (Wildman–Crippen LogP) is 1.89. The van der Waals surface area contributed by atoms with Crippen molar-refractivity contribution in [3.05, 3.63) is 41.8 Å². The summed E-state index contributed by atoms with van der Waals surface area (Å²) in [6, 6.07) is 4.38. The minimum absolute atomic E-state index is 0.167. The first-order chi connectivity index (χ1) is 11.2. The summed E-state index contributed by atoms with van der Waals surface area (Å²) < 4.78 is 42.4. The van der Waals surface area contributed by atoms with E-state index in [1.807, 2.05) is 6.92 Å². The fraction of sp³-hybridized carbons (Fsp3) is 0.333. The number of hydrogen-bond acceptors (Lipinski definition) is 4. The summed E-state index contributed by atoms with van der Waals surface area (Å²) in [4.78, 5) is 12.1. The lowest BCUT2D eigenvalue weighted by atomic mass is 10.2. The Hall–Kier alpha value is -2.26. The van der Waals surface area contributed by atoms with E-state index in [2.05, 4.69) is 15.1 Å². The van der Waals surface area contributed by atoms with Crippen LogP contribution in [0.4, 0.5) is 10.2 Å². The zero-order valence-corrected chi connectivity index (χ0v) is 14.4. The summed E-state index contributed by atoms with van der Waals surface area (Å²) in [6.45, 7) is 3.56. The van der Waals surface area contributed by atoms with Crippen molar-refractivity contribution in [2.45, 2.75) is 31.2 Å². The number of hydrogen-bond donors (Lipinski definition) is 2. The van der Waals surface area contributed by atoms with E-state index in [-0.39, 0.29) is 16.5 Å². The summed E-state index contributed by atoms with van der Waals surface area (Å²) in [7, 11) is -2.21. The van der Waals surface area contributed by atoms with Crippen molar-refractivity contribution in [1.82, 2.24) is 14.5 Å². The molecule has 2 rings (SSSR count). The second-order valence-corrected chi connectivity index (χ2v) is 7.08. The van der Waals surface area contributed by atoms with Gasteiger partial charge < -0.3 is 5.32 Å². The van der Waals surface area contributed by atoms with Crippen LogP contribution in [0, 0.1) is 5.82 Å². The molecule has 0 radical (unpaired) electrons. The topological polar surface area (TPSA) is 93.1 Å². The number of amides is 1. The Kier molecular flexibility index (Phi) is 5.35. The van der Waals surface area contributed by atoms with Crippen molar-refractivity contribution < 1.29 is 17.6 Å². The van der Waals surface area contributed by atoms with Gasteiger partial charge in [0, 0.05) is 19.2 Å². The Balaban J connectivity index is 2.31. The highest BCUT2D eigenvalue weighted by molar-refractivity contribution is 7.89. The Morgan fingerprint density at radius 3 is 2.67 bits per heavy atom. The number of nitrogens with one attached hydrogen (secondary N) is 2. The summed E-state index contributed by atoms with van der Waals surface area (Å²) in [5, 5.41) is 6.37. The zero-order valence-electron chi connectivity index (χ0n) is 13.6. The van der Waals surface area contributed by atoms with Crippen molar-refractivity contribution in [3.63, 3.8) is 0 Å². The lowest BCUT2D eigenvalue weighted by molar-refractivity contribution is 0.102. The monoisotopic (exact) mass is 354 g/mol. The van der Waals surface area contributed by atoms with Crippen LogP contribution in [0.25, 0.3) is 0 Å². The molecular weight excluding hydrogens is 335 g/mol. The number of sulfonamides is 1. The predicted molar refractivity (Wildman–Crippen MR) is 87.6 cm³/mol. The maximum atomic E-state index is 14.0. The van der Waals surface area contributed by atoms with Gasteiger partial charge >= 0.3 is 0 Å². The second kappa shape index (κ2) is 7.10. The maximum absolute atomic E-state index is 14.0. The molecule has 0 bridgehead atoms. The van der Waals surface area contributed by atoms with Gasteiger partial charge in [-0.3, -0.25) is 9.48 Å². The summed E-state index contributed by atoms with van der Waals surface area (Å²) in [5.41, 5.74) is -0.358. The first-order valence-corrected chi connectivity index (χ1v) is 8.84. The van der Waals surface area contributed by atoms with Crippen LogP contribution in [0.15, 0.2) is 35.4 Å². The number of aryl methyl sites for hydroxylation is 1. The molecular formula is C15H19FN4O3S. The highest BCUT2D eigenvalue weighted by Crippen LogP contribution is 2.17. The number of halogens is 1. The molecule has 0 aliphatic carbocycles. The number of nitrogens with zero attached hydrogens (tertiary/aromatic N) is 2. The van der Waals surface area contributed by atoms with Crippen LogP contribution in [-0.2, 0) is 17.1 Å². The fourth-order valence-electron chi connectivity index (χ4n) is 1.94. The van der Waals surface area contributed by atoms with Crippen LogP contribution in [0.1, 0.15) is 30.6 Å². The summed E-state index contributed by atoms with van der Waals surface area (Å²) in [6.07, 6.45) is 2.08. The van der Waals surface area contributed by atoms with Crippen LogP contribution >= 0.6 is 0 Å². The minimum atomic E-state index is -3.83. The van der Waals surface area contributed by atoms with Gasteiger partial charge in [0.25, 0.3) is 5.91 Å². The van der Waals surface area contributed by atoms with Crippen LogP contribution in [0.2, 0.25) is 0 Å². The molecule has 1 aromatic heterocycles. The Labute approximate surface area is 139 Å². The zero-order chi connectivity index (χ0) is 17.9. The molecule has 9 heteroatoms. The van der Waals surface area contributed by atoms with Gasteiger partial charge in [0.15, 0.2) is 0 Å². The van der Waals surface area contributed by atoms with Gasteiger partial charge in [-0.15, -0.1) is 0 Å². The van der Waals surface area contributed by atoms with Crippen molar-refractivity contribution in [3.8, 4) is 0 Å². The molecule has 0 aliphatic heterocycles. The van der Waals surface area contributed by atoms with Gasteiger partial charge in [-0.05, 0) is 31.5 Å². The Morgan fingerprint density at radius 2 is 2.08 bits per heavy atom. The summed E-state index contributed by atoms with van der Waals surface area (Å²) >= 11 is 0. The molecule has 1 aromatic carbocycles. The van der Waals surface area contributed by atoms with Gasteiger partial charge in [-0.25, -0.2) is 17.5 Å². The molecule has 7 nitrogen and oxygen atoms in total. The van der Waals surface area contributed by atoms with E-state index in [0.29, 0.717) is 12.2 Å². The first kappa shape index (κ1) is 18.1. The molecule has 2 N–H and O–H groups in total. The van der Waals surface area contributed by atoms with E-state index in [1.54, 1.807) is 20.0 Å². The first-order valence-electron chi connectivity index (χ1n) is 7.36. The maximum Gasteiger partial charge on any atom is 0.259 e. The number of rotatable bonds is 6. The molecule has 0 fully saturated rings. The molecule has 1 unspecified atom stereocenters. The van der Waals surface area contributed by atoms with Crippen LogP contribution in [0.3, 0.4) is 0 Å². The third-order valence-corrected chi connectivity index (χ3v) is 5.11. The molecule has 1 amide bonds. The molecule has 1 atom stereocenters. The van der Waals surface area contributed by atoms with E-state index in [0.717, 1.165) is 18.2 Å². The summed E-state index contributed by atoms with van der Waals surface area (Å²) in [5.74, 6) is -1.20. The number of carbonyl (C=O) groups is 1. The number of benzene rings is 1. The van der Waals surface area contributed by atoms with Crippen molar-refractivity contribution in [2.75, 3.05) is 5.32 Å². The van der Waals surface area contributed by atoms with E-state index >= 15 is 0 Å². The van der Waals surface area contributed by atoms with Gasteiger partial charge in [0.2, 0.25) is 10.0 Å². The molecule has 24 heavy (non-hydrogen) atoms. The molecule has 1 heterocycles.